The Labute approximate surface area is 210 Å². The van der Waals surface area contributed by atoms with E-state index in [1.807, 2.05) is 36.4 Å². The van der Waals surface area contributed by atoms with Gasteiger partial charge in [0, 0.05) is 49.3 Å². The largest absolute Gasteiger partial charge is 0.369 e. The van der Waals surface area contributed by atoms with Gasteiger partial charge in [0.05, 0.1) is 11.2 Å². The molecule has 7 heteroatoms. The van der Waals surface area contributed by atoms with Gasteiger partial charge in [0.25, 0.3) is 5.91 Å². The molecule has 0 radical (unpaired) electrons. The molecule has 2 aliphatic heterocycles. The van der Waals surface area contributed by atoms with Crippen molar-refractivity contribution in [1.82, 2.24) is 19.9 Å². The summed E-state index contributed by atoms with van der Waals surface area (Å²) in [5.74, 6) is 6.71. The number of aliphatic hydroxyl groups is 1. The number of anilines is 1. The average Bonchev–Trinajstić information content (AvgIpc) is 3.12. The third-order valence-corrected chi connectivity index (χ3v) is 7.52. The summed E-state index contributed by atoms with van der Waals surface area (Å²) in [5, 5.41) is 10.6. The van der Waals surface area contributed by atoms with Crippen LogP contribution in [0, 0.1) is 23.2 Å². The number of likely N-dealkylation sites (tertiary alicyclic amines) is 1. The van der Waals surface area contributed by atoms with E-state index in [0.29, 0.717) is 24.4 Å². The second-order valence-electron chi connectivity index (χ2n) is 10.4. The molecule has 3 aliphatic rings. The van der Waals surface area contributed by atoms with Crippen LogP contribution in [0.5, 0.6) is 0 Å². The third kappa shape index (κ3) is 3.57. The summed E-state index contributed by atoms with van der Waals surface area (Å²) < 4.78 is 0. The highest BCUT2D eigenvalue weighted by molar-refractivity contribution is 5.91. The Hall–Kier alpha value is -4.02. The summed E-state index contributed by atoms with van der Waals surface area (Å²) in [4.78, 5) is 30.0. The lowest BCUT2D eigenvalue weighted by molar-refractivity contribution is -0.137. The lowest BCUT2D eigenvalue weighted by Gasteiger charge is -2.51. The quantitative estimate of drug-likeness (QED) is 0.569. The van der Waals surface area contributed by atoms with Crippen molar-refractivity contribution in [2.24, 2.45) is 11.3 Å². The average molecular weight is 478 g/mol. The number of hydrogen-bond donors (Lipinski definition) is 1. The Bertz CT molecular complexity index is 1530. The van der Waals surface area contributed by atoms with Gasteiger partial charge >= 0.3 is 0 Å². The molecule has 0 spiro atoms. The highest BCUT2D eigenvalue weighted by Gasteiger charge is 2.44. The van der Waals surface area contributed by atoms with E-state index in [9.17, 15) is 9.90 Å². The van der Waals surface area contributed by atoms with Crippen LogP contribution in [0.4, 0.5) is 5.82 Å². The van der Waals surface area contributed by atoms with E-state index in [0.717, 1.165) is 34.7 Å². The first-order valence-corrected chi connectivity index (χ1v) is 12.2. The summed E-state index contributed by atoms with van der Waals surface area (Å²) in [7, 11) is 1.68. The van der Waals surface area contributed by atoms with Crippen LogP contribution in [0.3, 0.4) is 0 Å². The highest BCUT2D eigenvalue weighted by Crippen LogP contribution is 2.47. The van der Waals surface area contributed by atoms with E-state index in [-0.39, 0.29) is 11.3 Å². The van der Waals surface area contributed by atoms with E-state index >= 15 is 0 Å². The summed E-state index contributed by atoms with van der Waals surface area (Å²) in [5.41, 5.74) is 3.70. The van der Waals surface area contributed by atoms with Crippen LogP contribution >= 0.6 is 0 Å². The molecular weight excluding hydrogens is 450 g/mol. The maximum Gasteiger partial charge on any atom is 0.267 e. The topological polar surface area (TPSA) is 82.4 Å². The molecule has 1 N–H and O–H groups in total. The second kappa shape index (κ2) is 8.00. The molecule has 1 unspecified atom stereocenters. The van der Waals surface area contributed by atoms with Gasteiger partial charge in [0.2, 0.25) is 5.60 Å². The molecule has 36 heavy (non-hydrogen) atoms. The zero-order valence-electron chi connectivity index (χ0n) is 20.6. The van der Waals surface area contributed by atoms with E-state index in [1.54, 1.807) is 13.4 Å². The van der Waals surface area contributed by atoms with Crippen LogP contribution in [0.1, 0.15) is 25.8 Å². The molecule has 1 aliphatic carbocycles. The molecule has 1 amide bonds. The molecule has 4 heterocycles. The minimum absolute atomic E-state index is 0.120. The Morgan fingerprint density at radius 3 is 2.83 bits per heavy atom. The number of amides is 1. The predicted octanol–water partition coefficient (Wildman–Crippen LogP) is 3.55. The van der Waals surface area contributed by atoms with Gasteiger partial charge < -0.3 is 14.9 Å². The Kier molecular flexibility index (Phi) is 4.99. The maximum atomic E-state index is 12.2. The van der Waals surface area contributed by atoms with Gasteiger partial charge in [0.1, 0.15) is 11.8 Å². The number of hydrogen-bond acceptors (Lipinski definition) is 6. The lowest BCUT2D eigenvalue weighted by atomic mass is 9.69. The number of carbonyl (C=O) groups is 1. The van der Waals surface area contributed by atoms with Gasteiger partial charge in [-0.15, -0.1) is 0 Å². The molecule has 3 aromatic rings. The zero-order chi connectivity index (χ0) is 25.1. The molecule has 7 nitrogen and oxygen atoms in total. The van der Waals surface area contributed by atoms with Crippen LogP contribution in [0.2, 0.25) is 0 Å². The van der Waals surface area contributed by atoms with E-state index < -0.39 is 5.60 Å². The smallest absolute Gasteiger partial charge is 0.267 e. The summed E-state index contributed by atoms with van der Waals surface area (Å²) in [6, 6.07) is 11.6. The molecule has 180 valence electrons. The van der Waals surface area contributed by atoms with Crippen molar-refractivity contribution in [1.29, 1.82) is 0 Å². The van der Waals surface area contributed by atoms with Crippen molar-refractivity contribution in [3.8, 4) is 23.1 Å². The maximum absolute atomic E-state index is 12.2. The van der Waals surface area contributed by atoms with E-state index in [1.165, 1.54) is 10.6 Å². The van der Waals surface area contributed by atoms with Gasteiger partial charge in [-0.3, -0.25) is 4.79 Å². The van der Waals surface area contributed by atoms with E-state index in [2.05, 4.69) is 58.8 Å². The summed E-state index contributed by atoms with van der Waals surface area (Å²) >= 11 is 0. The van der Waals surface area contributed by atoms with Crippen LogP contribution < -0.4 is 4.90 Å². The molecule has 0 saturated carbocycles. The minimum Gasteiger partial charge on any atom is -0.369 e. The molecule has 2 saturated heterocycles. The summed E-state index contributed by atoms with van der Waals surface area (Å²) in [6.45, 7) is 5.92. The number of carbonyl (C=O) groups excluding carboxylic acids is 1. The van der Waals surface area contributed by atoms with Crippen molar-refractivity contribution >= 4 is 22.8 Å². The fourth-order valence-electron chi connectivity index (χ4n) is 5.19. The van der Waals surface area contributed by atoms with Crippen molar-refractivity contribution < 1.29 is 9.90 Å². The SMILES string of the molecule is CN1CC[C@@](O)(C#Cc2cccc(-c3ccc4ncnc(N5CC6C5=CC=CC6(C)C)c4n3)c2)C1=O. The number of aromatic nitrogens is 3. The highest BCUT2D eigenvalue weighted by atomic mass is 16.3. The fraction of sp³-hybridized carbons (Fsp3) is 0.310. The predicted molar refractivity (Wildman–Crippen MR) is 139 cm³/mol. The molecule has 6 rings (SSSR count). The number of fused-ring (bicyclic) bond motifs is 2. The van der Waals surface area contributed by atoms with Crippen LogP contribution in [-0.2, 0) is 4.79 Å². The van der Waals surface area contributed by atoms with Crippen LogP contribution in [-0.4, -0.2) is 56.6 Å². The minimum atomic E-state index is -1.62. The number of likely N-dealkylation sites (N-methyl/N-ethyl adjacent to an activating group) is 1. The standard InChI is InChI=1S/C29H27N5O2/c1-28(2)12-5-8-24-21(28)17-34(24)26-25-23(30-18-31-26)10-9-22(32-25)20-7-4-6-19(16-20)11-13-29(36)14-15-33(3)27(29)35/h4-10,12,16,18,21,36H,14-15,17H2,1-3H3/t21?,29-/m0/s1. The summed E-state index contributed by atoms with van der Waals surface area (Å²) in [6.07, 6.45) is 8.47. The molecule has 2 aromatic heterocycles. The second-order valence-corrected chi connectivity index (χ2v) is 10.4. The molecular formula is C29H27N5O2. The first kappa shape index (κ1) is 22.4. The van der Waals surface area contributed by atoms with Crippen LogP contribution in [0.25, 0.3) is 22.3 Å². The van der Waals surface area contributed by atoms with Gasteiger partial charge in [-0.25, -0.2) is 15.0 Å². The zero-order valence-corrected chi connectivity index (χ0v) is 20.6. The number of allylic oxidation sites excluding steroid dienone is 3. The molecule has 2 atom stereocenters. The first-order valence-electron chi connectivity index (χ1n) is 12.2. The van der Waals surface area contributed by atoms with Crippen molar-refractivity contribution in [3.05, 3.63) is 72.2 Å². The van der Waals surface area contributed by atoms with Gasteiger partial charge in [-0.1, -0.05) is 50.0 Å². The first-order chi connectivity index (χ1) is 17.2. The molecule has 0 bridgehead atoms. The number of rotatable bonds is 2. The number of pyridine rings is 1. The molecule has 1 aromatic carbocycles. The van der Waals surface area contributed by atoms with Gasteiger partial charge in [0.15, 0.2) is 5.82 Å². The van der Waals surface area contributed by atoms with Crippen molar-refractivity contribution in [2.75, 3.05) is 25.0 Å². The Morgan fingerprint density at radius 2 is 2.03 bits per heavy atom. The van der Waals surface area contributed by atoms with E-state index in [4.69, 9.17) is 4.98 Å². The number of benzene rings is 1. The van der Waals surface area contributed by atoms with Crippen LogP contribution in [0.15, 0.2) is 66.7 Å². The molecule has 2 fully saturated rings. The lowest BCUT2D eigenvalue weighted by Crippen LogP contribution is -2.51. The van der Waals surface area contributed by atoms with Gasteiger partial charge in [-0.05, 0) is 35.8 Å². The van der Waals surface area contributed by atoms with Crippen molar-refractivity contribution in [3.63, 3.8) is 0 Å². The third-order valence-electron chi connectivity index (χ3n) is 7.52. The normalized spacial score (nSPS) is 24.2. The fourth-order valence-corrected chi connectivity index (χ4v) is 5.19. The monoisotopic (exact) mass is 477 g/mol. The number of nitrogens with zero attached hydrogens (tertiary/aromatic N) is 5. The Morgan fingerprint density at radius 1 is 1.17 bits per heavy atom. The van der Waals surface area contributed by atoms with Gasteiger partial charge in [-0.2, -0.15) is 0 Å². The Balaban J connectivity index is 1.34. The van der Waals surface area contributed by atoms with Crippen molar-refractivity contribution in [2.45, 2.75) is 25.9 Å².